The van der Waals surface area contributed by atoms with Crippen LogP contribution in [0.5, 0.6) is 0 Å². The van der Waals surface area contributed by atoms with Crippen LogP contribution in [0.1, 0.15) is 25.2 Å². The standard InChI is InChI=1S/C14H22ClN5O2S/c1-5-20-12(4)14(11(3)18-20)23(21,22)17-6-10(2)8-19-9-13(15)7-16-19/h7,9-10,17H,5-6,8H2,1-4H3. The first-order valence-corrected chi connectivity index (χ1v) is 9.32. The zero-order valence-electron chi connectivity index (χ0n) is 13.7. The molecule has 1 N–H and O–H groups in total. The maximum absolute atomic E-state index is 12.6. The smallest absolute Gasteiger partial charge is 0.244 e. The Morgan fingerprint density at radius 2 is 2.09 bits per heavy atom. The number of sulfonamides is 1. The number of aromatic nitrogens is 4. The van der Waals surface area contributed by atoms with Crippen LogP contribution in [0.15, 0.2) is 17.3 Å². The van der Waals surface area contributed by atoms with Gasteiger partial charge < -0.3 is 0 Å². The Balaban J connectivity index is 2.05. The Hall–Kier alpha value is -1.38. The van der Waals surface area contributed by atoms with Gasteiger partial charge in [-0.15, -0.1) is 0 Å². The minimum absolute atomic E-state index is 0.0718. The van der Waals surface area contributed by atoms with Gasteiger partial charge in [0.15, 0.2) is 0 Å². The molecule has 2 aromatic heterocycles. The summed E-state index contributed by atoms with van der Waals surface area (Å²) in [5.74, 6) is 0.0718. The molecule has 0 fully saturated rings. The van der Waals surface area contributed by atoms with Crippen molar-refractivity contribution in [1.82, 2.24) is 24.3 Å². The molecule has 23 heavy (non-hydrogen) atoms. The topological polar surface area (TPSA) is 81.8 Å². The predicted octanol–water partition coefficient (Wildman–Crippen LogP) is 1.98. The molecule has 128 valence electrons. The molecule has 0 saturated carbocycles. The van der Waals surface area contributed by atoms with E-state index >= 15 is 0 Å². The molecule has 0 aliphatic carbocycles. The number of aryl methyl sites for hydroxylation is 2. The summed E-state index contributed by atoms with van der Waals surface area (Å²) in [6, 6.07) is 0. The fourth-order valence-corrected chi connectivity index (χ4v) is 4.25. The van der Waals surface area contributed by atoms with Crippen LogP contribution in [0.2, 0.25) is 5.02 Å². The van der Waals surface area contributed by atoms with E-state index in [0.717, 1.165) is 0 Å². The number of halogens is 1. The predicted molar refractivity (Wildman–Crippen MR) is 89.0 cm³/mol. The van der Waals surface area contributed by atoms with E-state index in [0.29, 0.717) is 36.0 Å². The average Bonchev–Trinajstić information content (AvgIpc) is 3.00. The summed E-state index contributed by atoms with van der Waals surface area (Å²) in [6.45, 7) is 8.90. The molecule has 0 spiro atoms. The molecule has 0 aliphatic heterocycles. The monoisotopic (exact) mass is 359 g/mol. The second-order valence-corrected chi connectivity index (χ2v) is 7.79. The van der Waals surface area contributed by atoms with Gasteiger partial charge in [0.2, 0.25) is 10.0 Å². The Labute approximate surface area is 141 Å². The Bertz CT molecular complexity index is 781. The van der Waals surface area contributed by atoms with Gasteiger partial charge in [0.05, 0.1) is 22.6 Å². The zero-order chi connectivity index (χ0) is 17.2. The van der Waals surface area contributed by atoms with Crippen molar-refractivity contribution in [3.63, 3.8) is 0 Å². The van der Waals surface area contributed by atoms with Crippen LogP contribution in [0, 0.1) is 19.8 Å². The summed E-state index contributed by atoms with van der Waals surface area (Å²) < 4.78 is 31.2. The van der Waals surface area contributed by atoms with Crippen LogP contribution < -0.4 is 4.72 Å². The molecule has 2 heterocycles. The van der Waals surface area contributed by atoms with Gasteiger partial charge in [0.25, 0.3) is 0 Å². The van der Waals surface area contributed by atoms with Crippen LogP contribution >= 0.6 is 11.6 Å². The average molecular weight is 360 g/mol. The van der Waals surface area contributed by atoms with Gasteiger partial charge in [-0.05, 0) is 26.7 Å². The Morgan fingerprint density at radius 3 is 2.61 bits per heavy atom. The number of nitrogens with one attached hydrogen (secondary N) is 1. The molecule has 0 aliphatic rings. The van der Waals surface area contributed by atoms with Gasteiger partial charge in [-0.1, -0.05) is 18.5 Å². The lowest BCUT2D eigenvalue weighted by Gasteiger charge is -2.13. The van der Waals surface area contributed by atoms with Gasteiger partial charge in [0.1, 0.15) is 4.90 Å². The number of nitrogens with zero attached hydrogens (tertiary/aromatic N) is 4. The molecular weight excluding hydrogens is 338 g/mol. The second kappa shape index (κ2) is 7.02. The van der Waals surface area contributed by atoms with Crippen molar-refractivity contribution in [2.75, 3.05) is 6.54 Å². The Kier molecular flexibility index (Phi) is 5.49. The second-order valence-electron chi connectivity index (χ2n) is 5.65. The summed E-state index contributed by atoms with van der Waals surface area (Å²) in [5.41, 5.74) is 1.17. The van der Waals surface area contributed by atoms with Crippen molar-refractivity contribution in [1.29, 1.82) is 0 Å². The van der Waals surface area contributed by atoms with Crippen LogP contribution in [0.4, 0.5) is 0 Å². The van der Waals surface area contributed by atoms with Crippen LogP contribution in [0.25, 0.3) is 0 Å². The maximum atomic E-state index is 12.6. The van der Waals surface area contributed by atoms with Gasteiger partial charge in [0, 0.05) is 25.8 Å². The molecule has 0 radical (unpaired) electrons. The minimum Gasteiger partial charge on any atom is -0.271 e. The summed E-state index contributed by atoms with van der Waals surface area (Å²) in [4.78, 5) is 0.272. The lowest BCUT2D eigenvalue weighted by atomic mass is 10.2. The molecule has 0 saturated heterocycles. The van der Waals surface area contributed by atoms with Gasteiger partial charge in [-0.2, -0.15) is 10.2 Å². The molecule has 1 atom stereocenters. The third kappa shape index (κ3) is 4.13. The third-order valence-electron chi connectivity index (χ3n) is 3.61. The van der Waals surface area contributed by atoms with Crippen molar-refractivity contribution in [2.24, 2.45) is 5.92 Å². The lowest BCUT2D eigenvalue weighted by molar-refractivity contribution is 0.443. The van der Waals surface area contributed by atoms with E-state index in [1.165, 1.54) is 0 Å². The first-order valence-electron chi connectivity index (χ1n) is 7.46. The number of rotatable bonds is 7. The highest BCUT2D eigenvalue weighted by Crippen LogP contribution is 2.19. The first-order chi connectivity index (χ1) is 10.7. The molecule has 7 nitrogen and oxygen atoms in total. The summed E-state index contributed by atoms with van der Waals surface area (Å²) >= 11 is 5.82. The highest BCUT2D eigenvalue weighted by Gasteiger charge is 2.24. The van der Waals surface area contributed by atoms with E-state index in [1.807, 2.05) is 13.8 Å². The number of hydrogen-bond donors (Lipinski definition) is 1. The molecule has 9 heteroatoms. The maximum Gasteiger partial charge on any atom is 0.244 e. The summed E-state index contributed by atoms with van der Waals surface area (Å²) in [5, 5.41) is 8.92. The van der Waals surface area contributed by atoms with Crippen LogP contribution in [0.3, 0.4) is 0 Å². The van der Waals surface area contributed by atoms with Crippen molar-refractivity contribution < 1.29 is 8.42 Å². The van der Waals surface area contributed by atoms with E-state index in [2.05, 4.69) is 14.9 Å². The van der Waals surface area contributed by atoms with Crippen molar-refractivity contribution in [2.45, 2.75) is 45.7 Å². The van der Waals surface area contributed by atoms with E-state index in [-0.39, 0.29) is 10.8 Å². The van der Waals surface area contributed by atoms with Crippen molar-refractivity contribution >= 4 is 21.6 Å². The van der Waals surface area contributed by atoms with E-state index in [1.54, 1.807) is 35.6 Å². The normalized spacial score (nSPS) is 13.4. The SMILES string of the molecule is CCn1nc(C)c(S(=O)(=O)NCC(C)Cn2cc(Cl)cn2)c1C. The highest BCUT2D eigenvalue weighted by molar-refractivity contribution is 7.89. The Morgan fingerprint density at radius 1 is 1.39 bits per heavy atom. The van der Waals surface area contributed by atoms with E-state index in [9.17, 15) is 8.42 Å². The zero-order valence-corrected chi connectivity index (χ0v) is 15.3. The minimum atomic E-state index is -3.58. The fraction of sp³-hybridized carbons (Fsp3) is 0.571. The lowest BCUT2D eigenvalue weighted by Crippen LogP contribution is -2.30. The van der Waals surface area contributed by atoms with Crippen LogP contribution in [-0.2, 0) is 23.1 Å². The molecule has 0 amide bonds. The number of hydrogen-bond acceptors (Lipinski definition) is 4. The quantitative estimate of drug-likeness (QED) is 0.819. The largest absolute Gasteiger partial charge is 0.271 e. The van der Waals surface area contributed by atoms with Crippen molar-refractivity contribution in [3.8, 4) is 0 Å². The first kappa shape index (κ1) is 18.0. The van der Waals surface area contributed by atoms with Crippen molar-refractivity contribution in [3.05, 3.63) is 28.8 Å². The molecule has 2 aromatic rings. The molecule has 0 aromatic carbocycles. The molecule has 1 unspecified atom stereocenters. The van der Waals surface area contributed by atoms with Gasteiger partial charge >= 0.3 is 0 Å². The summed E-state index contributed by atoms with van der Waals surface area (Å²) in [7, 11) is -3.58. The third-order valence-corrected chi connectivity index (χ3v) is 5.48. The van der Waals surface area contributed by atoms with E-state index in [4.69, 9.17) is 11.6 Å². The van der Waals surface area contributed by atoms with E-state index < -0.39 is 10.0 Å². The molecule has 2 rings (SSSR count). The van der Waals surface area contributed by atoms with Crippen LogP contribution in [-0.4, -0.2) is 34.5 Å². The van der Waals surface area contributed by atoms with Gasteiger partial charge in [-0.25, -0.2) is 13.1 Å². The fourth-order valence-electron chi connectivity index (χ4n) is 2.52. The summed E-state index contributed by atoms with van der Waals surface area (Å²) in [6.07, 6.45) is 3.27. The molecular formula is C14H22ClN5O2S. The highest BCUT2D eigenvalue weighted by atomic mass is 35.5. The van der Waals surface area contributed by atoms with Gasteiger partial charge in [-0.3, -0.25) is 9.36 Å². The molecule has 0 bridgehead atoms.